The molecule has 0 heterocycles. The summed E-state index contributed by atoms with van der Waals surface area (Å²) in [6, 6.07) is 7.36. The molecule has 0 saturated heterocycles. The summed E-state index contributed by atoms with van der Waals surface area (Å²) in [5, 5.41) is 6.29. The van der Waals surface area contributed by atoms with Crippen LogP contribution < -0.4 is 15.4 Å². The van der Waals surface area contributed by atoms with Crippen LogP contribution in [0.4, 0.5) is 0 Å². The lowest BCUT2D eigenvalue weighted by Crippen LogP contribution is -2.37. The molecule has 3 N–H and O–H groups in total. The van der Waals surface area contributed by atoms with Crippen LogP contribution in [0.5, 0.6) is 0 Å². The molecule has 0 aliphatic rings. The van der Waals surface area contributed by atoms with E-state index in [-0.39, 0.29) is 11.8 Å². The van der Waals surface area contributed by atoms with Crippen molar-refractivity contribution in [2.75, 3.05) is 13.1 Å². The number of benzene rings is 1. The van der Waals surface area contributed by atoms with Gasteiger partial charge in [-0.05, 0) is 31.9 Å². The quantitative estimate of drug-likeness (QED) is 0.359. The van der Waals surface area contributed by atoms with Crippen LogP contribution in [-0.4, -0.2) is 33.5 Å². The van der Waals surface area contributed by atoms with Gasteiger partial charge >= 0.3 is 0 Å². The van der Waals surface area contributed by atoms with E-state index in [0.29, 0.717) is 13.1 Å². The number of aliphatic imine (C=N–C) groups is 1. The number of hydrogen-bond donors (Lipinski definition) is 3. The number of guanidine groups is 1. The molecule has 0 aliphatic heterocycles. The normalized spacial score (nSPS) is 12.2. The van der Waals surface area contributed by atoms with E-state index in [4.69, 9.17) is 0 Å². The number of nitrogens with zero attached hydrogens (tertiary/aromatic N) is 1. The smallest absolute Gasteiger partial charge is 0.216 e. The van der Waals surface area contributed by atoms with E-state index in [2.05, 4.69) is 26.9 Å². The molecule has 0 atom stereocenters. The van der Waals surface area contributed by atoms with Gasteiger partial charge in [0.15, 0.2) is 5.96 Å². The molecule has 7 heteroatoms. The van der Waals surface area contributed by atoms with Crippen molar-refractivity contribution in [2.45, 2.75) is 39.1 Å². The highest BCUT2D eigenvalue weighted by Crippen LogP contribution is 2.09. The fourth-order valence-corrected chi connectivity index (χ4v) is 3.47. The van der Waals surface area contributed by atoms with Crippen molar-refractivity contribution in [1.29, 1.82) is 0 Å². The van der Waals surface area contributed by atoms with Gasteiger partial charge in [0.25, 0.3) is 0 Å². The second-order valence-electron chi connectivity index (χ2n) is 5.71. The summed E-state index contributed by atoms with van der Waals surface area (Å²) in [7, 11) is -3.30. The van der Waals surface area contributed by atoms with E-state index in [0.717, 1.165) is 23.6 Å². The maximum Gasteiger partial charge on any atom is 0.216 e. The van der Waals surface area contributed by atoms with Crippen LogP contribution in [0.25, 0.3) is 0 Å². The first kappa shape index (κ1) is 20.2. The van der Waals surface area contributed by atoms with Gasteiger partial charge in [0.05, 0.1) is 12.3 Å². The first-order chi connectivity index (χ1) is 11.4. The van der Waals surface area contributed by atoms with Gasteiger partial charge in [-0.1, -0.05) is 30.3 Å². The first-order valence-corrected chi connectivity index (χ1v) is 9.72. The third kappa shape index (κ3) is 8.12. The summed E-state index contributed by atoms with van der Waals surface area (Å²) in [6.45, 7) is 11.2. The minimum atomic E-state index is -3.30. The molecule has 0 saturated carbocycles. The van der Waals surface area contributed by atoms with Crippen LogP contribution in [0.15, 0.2) is 41.9 Å². The topological polar surface area (TPSA) is 82.6 Å². The summed E-state index contributed by atoms with van der Waals surface area (Å²) >= 11 is 0. The Bertz CT molecular complexity index is 637. The lowest BCUT2D eigenvalue weighted by atomic mass is 10.1. The molecule has 24 heavy (non-hydrogen) atoms. The zero-order valence-corrected chi connectivity index (χ0v) is 15.5. The summed E-state index contributed by atoms with van der Waals surface area (Å²) < 4.78 is 26.4. The predicted octanol–water partition coefficient (Wildman–Crippen LogP) is 1.76. The number of rotatable bonds is 9. The van der Waals surface area contributed by atoms with Crippen LogP contribution in [0.1, 0.15) is 31.9 Å². The van der Waals surface area contributed by atoms with Crippen LogP contribution in [0.2, 0.25) is 0 Å². The van der Waals surface area contributed by atoms with Gasteiger partial charge in [0, 0.05) is 19.1 Å². The Morgan fingerprint density at radius 3 is 2.38 bits per heavy atom. The average Bonchev–Trinajstić information content (AvgIpc) is 2.49. The molecule has 0 spiro atoms. The Kier molecular flexibility index (Phi) is 8.49. The summed E-state index contributed by atoms with van der Waals surface area (Å²) in [5.41, 5.74) is 1.77. The highest BCUT2D eigenvalue weighted by Gasteiger charge is 2.12. The molecule has 1 aromatic rings. The van der Waals surface area contributed by atoms with Gasteiger partial charge in [-0.25, -0.2) is 18.1 Å². The van der Waals surface area contributed by atoms with Crippen LogP contribution in [0, 0.1) is 0 Å². The highest BCUT2D eigenvalue weighted by atomic mass is 32.2. The van der Waals surface area contributed by atoms with E-state index >= 15 is 0 Å². The van der Waals surface area contributed by atoms with E-state index in [1.165, 1.54) is 0 Å². The molecule has 0 unspecified atom stereocenters. The fourth-order valence-electron chi connectivity index (χ4n) is 2.04. The lowest BCUT2D eigenvalue weighted by Gasteiger charge is -2.10. The number of sulfonamides is 1. The Balaban J connectivity index is 2.68. The monoisotopic (exact) mass is 352 g/mol. The average molecular weight is 353 g/mol. The van der Waals surface area contributed by atoms with Crippen molar-refractivity contribution in [2.24, 2.45) is 4.99 Å². The van der Waals surface area contributed by atoms with Crippen molar-refractivity contribution in [3.8, 4) is 0 Å². The summed E-state index contributed by atoms with van der Waals surface area (Å²) in [4.78, 5) is 4.48. The zero-order valence-electron chi connectivity index (χ0n) is 14.7. The van der Waals surface area contributed by atoms with Gasteiger partial charge in [0.1, 0.15) is 0 Å². The third-order valence-electron chi connectivity index (χ3n) is 2.97. The minimum absolute atomic E-state index is 0.0156. The Hall–Kier alpha value is -1.86. The van der Waals surface area contributed by atoms with Gasteiger partial charge < -0.3 is 10.6 Å². The molecular formula is C17H28N4O2S. The van der Waals surface area contributed by atoms with Crippen molar-refractivity contribution in [3.05, 3.63) is 48.0 Å². The van der Waals surface area contributed by atoms with Crippen molar-refractivity contribution >= 4 is 16.0 Å². The Morgan fingerprint density at radius 1 is 1.21 bits per heavy atom. The maximum absolute atomic E-state index is 11.9. The lowest BCUT2D eigenvalue weighted by molar-refractivity contribution is 0.569. The molecule has 134 valence electrons. The molecule has 6 nitrogen and oxygen atoms in total. The molecule has 0 amide bonds. The van der Waals surface area contributed by atoms with Gasteiger partial charge in [-0.15, -0.1) is 6.58 Å². The van der Waals surface area contributed by atoms with E-state index < -0.39 is 10.0 Å². The van der Waals surface area contributed by atoms with Crippen LogP contribution >= 0.6 is 0 Å². The van der Waals surface area contributed by atoms with Crippen LogP contribution in [0.3, 0.4) is 0 Å². The standard InChI is InChI=1S/C17H28N4O2S/c1-5-11-19-17(18-6-2)20-12-15-7-9-16(10-8-15)13-24(22,23)21-14(3)4/h5,7-10,14,21H,1,6,11-13H2,2-4H3,(H2,18,19,20). The Morgan fingerprint density at radius 2 is 1.83 bits per heavy atom. The molecular weight excluding hydrogens is 324 g/mol. The van der Waals surface area contributed by atoms with E-state index in [1.807, 2.05) is 31.2 Å². The maximum atomic E-state index is 11.9. The van der Waals surface area contributed by atoms with Gasteiger partial charge in [0.2, 0.25) is 10.0 Å². The van der Waals surface area contributed by atoms with Crippen molar-refractivity contribution < 1.29 is 8.42 Å². The second-order valence-corrected chi connectivity index (χ2v) is 7.47. The molecule has 1 aromatic carbocycles. The van der Waals surface area contributed by atoms with E-state index in [9.17, 15) is 8.42 Å². The number of hydrogen-bond acceptors (Lipinski definition) is 3. The molecule has 0 aliphatic carbocycles. The largest absolute Gasteiger partial charge is 0.357 e. The van der Waals surface area contributed by atoms with Crippen molar-refractivity contribution in [3.63, 3.8) is 0 Å². The zero-order chi connectivity index (χ0) is 18.0. The summed E-state index contributed by atoms with van der Waals surface area (Å²) in [5.74, 6) is 0.711. The summed E-state index contributed by atoms with van der Waals surface area (Å²) in [6.07, 6.45) is 1.77. The number of nitrogens with one attached hydrogen (secondary N) is 3. The molecule has 0 radical (unpaired) electrons. The highest BCUT2D eigenvalue weighted by molar-refractivity contribution is 7.88. The molecule has 0 fully saturated rings. The third-order valence-corrected chi connectivity index (χ3v) is 4.52. The van der Waals surface area contributed by atoms with Gasteiger partial charge in [-0.2, -0.15) is 0 Å². The molecule has 0 bridgehead atoms. The van der Waals surface area contributed by atoms with Crippen molar-refractivity contribution in [1.82, 2.24) is 15.4 Å². The van der Waals surface area contributed by atoms with Gasteiger partial charge in [-0.3, -0.25) is 0 Å². The molecule has 1 rings (SSSR count). The minimum Gasteiger partial charge on any atom is -0.357 e. The fraction of sp³-hybridized carbons (Fsp3) is 0.471. The second kappa shape index (κ2) is 10.1. The van der Waals surface area contributed by atoms with E-state index in [1.54, 1.807) is 19.9 Å². The predicted molar refractivity (Wildman–Crippen MR) is 100 cm³/mol. The SMILES string of the molecule is C=CCNC(=NCc1ccc(CS(=O)(=O)NC(C)C)cc1)NCC. The first-order valence-electron chi connectivity index (χ1n) is 8.07. The Labute approximate surface area is 145 Å². The van der Waals surface area contributed by atoms with Crippen LogP contribution in [-0.2, 0) is 22.3 Å². The molecule has 0 aromatic heterocycles.